The van der Waals surface area contributed by atoms with E-state index in [1.165, 1.54) is 6.33 Å². The predicted molar refractivity (Wildman–Crippen MR) is 98.0 cm³/mol. The molecule has 1 fully saturated rings. The summed E-state index contributed by atoms with van der Waals surface area (Å²) in [7, 11) is 0. The first-order chi connectivity index (χ1) is 13.3. The van der Waals surface area contributed by atoms with Gasteiger partial charge < -0.3 is 15.2 Å². The molecule has 27 heavy (non-hydrogen) atoms. The summed E-state index contributed by atoms with van der Waals surface area (Å²) < 4.78 is 7.57. The molecule has 0 radical (unpaired) electrons. The lowest BCUT2D eigenvalue weighted by atomic mass is 10.1. The number of hydrogen-bond donors (Lipinski definition) is 2. The SMILES string of the molecule is C#N.O=C(Nc1ncnn2c(C3CCC(CO)O3)ccc12)c1ccccc1. The maximum Gasteiger partial charge on any atom is 0.256 e. The number of carbonyl (C=O) groups excluding carboxylic acids is 1. The van der Waals surface area contributed by atoms with Crippen LogP contribution in [0.25, 0.3) is 5.52 Å². The third-order valence-electron chi connectivity index (χ3n) is 4.39. The second kappa shape index (κ2) is 8.40. The number of nitrogens with zero attached hydrogens (tertiary/aromatic N) is 4. The molecule has 1 aromatic carbocycles. The van der Waals surface area contributed by atoms with Crippen LogP contribution in [0.5, 0.6) is 0 Å². The number of rotatable bonds is 4. The molecule has 2 N–H and O–H groups in total. The summed E-state index contributed by atoms with van der Waals surface area (Å²) in [5.74, 6) is 0.230. The van der Waals surface area contributed by atoms with Crippen molar-refractivity contribution in [3.05, 3.63) is 60.0 Å². The number of aromatic nitrogens is 3. The van der Waals surface area contributed by atoms with Crippen molar-refractivity contribution in [2.24, 2.45) is 0 Å². The summed E-state index contributed by atoms with van der Waals surface area (Å²) in [6, 6.07) is 12.8. The number of aliphatic hydroxyl groups excluding tert-OH is 1. The van der Waals surface area contributed by atoms with E-state index in [4.69, 9.17) is 10.00 Å². The topological polar surface area (TPSA) is 113 Å². The molecule has 3 heterocycles. The minimum atomic E-state index is -0.221. The lowest BCUT2D eigenvalue weighted by molar-refractivity contribution is 0.00856. The van der Waals surface area contributed by atoms with Gasteiger partial charge in [-0.15, -0.1) is 0 Å². The second-order valence-electron chi connectivity index (χ2n) is 5.99. The Bertz CT molecular complexity index is 938. The number of hydrogen-bond acceptors (Lipinski definition) is 6. The van der Waals surface area contributed by atoms with E-state index < -0.39 is 0 Å². The number of fused-ring (bicyclic) bond motifs is 1. The van der Waals surface area contributed by atoms with E-state index in [1.54, 1.807) is 16.6 Å². The van der Waals surface area contributed by atoms with Gasteiger partial charge in [-0.3, -0.25) is 4.79 Å². The molecule has 2 atom stereocenters. The van der Waals surface area contributed by atoms with Gasteiger partial charge in [-0.2, -0.15) is 5.10 Å². The van der Waals surface area contributed by atoms with E-state index in [0.29, 0.717) is 16.9 Å². The van der Waals surface area contributed by atoms with Crippen LogP contribution < -0.4 is 5.32 Å². The number of carbonyl (C=O) groups is 1. The molecule has 8 nitrogen and oxygen atoms in total. The molecule has 1 aliphatic heterocycles. The van der Waals surface area contributed by atoms with Crippen LogP contribution in [0.15, 0.2) is 48.8 Å². The normalized spacial score (nSPS) is 18.6. The van der Waals surface area contributed by atoms with E-state index in [-0.39, 0.29) is 24.7 Å². The van der Waals surface area contributed by atoms with Gasteiger partial charge in [0.15, 0.2) is 5.82 Å². The molecule has 8 heteroatoms. The highest BCUT2D eigenvalue weighted by molar-refractivity contribution is 6.05. The molecular formula is C19H19N5O3. The summed E-state index contributed by atoms with van der Waals surface area (Å²) >= 11 is 0. The first-order valence-corrected chi connectivity index (χ1v) is 8.47. The Morgan fingerprint density at radius 3 is 2.74 bits per heavy atom. The maximum atomic E-state index is 12.4. The minimum Gasteiger partial charge on any atom is -0.394 e. The second-order valence-corrected chi connectivity index (χ2v) is 5.99. The number of ether oxygens (including phenoxy) is 1. The number of aliphatic hydroxyl groups is 1. The van der Waals surface area contributed by atoms with Gasteiger partial charge in [0, 0.05) is 12.1 Å². The van der Waals surface area contributed by atoms with Crippen molar-refractivity contribution in [1.82, 2.24) is 14.6 Å². The highest BCUT2D eigenvalue weighted by atomic mass is 16.5. The standard InChI is InChI=1S/C18H18N4O3.CHN/c23-10-13-6-9-16(25-13)14-7-8-15-17(19-11-20-22(14)15)21-18(24)12-4-2-1-3-5-12;1-2/h1-5,7-8,11,13,16,23H,6,9-10H2,(H,19,20,21,24);1H. The number of anilines is 1. The highest BCUT2D eigenvalue weighted by Gasteiger charge is 2.28. The third-order valence-corrected chi connectivity index (χ3v) is 4.39. The summed E-state index contributed by atoms with van der Waals surface area (Å²) in [4.78, 5) is 16.6. The van der Waals surface area contributed by atoms with Crippen LogP contribution in [-0.4, -0.2) is 38.3 Å². The van der Waals surface area contributed by atoms with E-state index in [1.807, 2.05) is 30.3 Å². The quantitative estimate of drug-likeness (QED) is 0.734. The van der Waals surface area contributed by atoms with Gasteiger partial charge in [-0.05, 0) is 37.1 Å². The van der Waals surface area contributed by atoms with Crippen molar-refractivity contribution in [3.63, 3.8) is 0 Å². The van der Waals surface area contributed by atoms with E-state index >= 15 is 0 Å². The Balaban J connectivity index is 0.00000102. The fraction of sp³-hybridized carbons (Fsp3) is 0.263. The van der Waals surface area contributed by atoms with Crippen molar-refractivity contribution in [3.8, 4) is 6.57 Å². The Kier molecular flexibility index (Phi) is 5.76. The van der Waals surface area contributed by atoms with Crippen molar-refractivity contribution in [2.45, 2.75) is 25.0 Å². The first kappa shape index (κ1) is 18.5. The predicted octanol–water partition coefficient (Wildman–Crippen LogP) is 2.33. The number of benzene rings is 1. The van der Waals surface area contributed by atoms with Crippen LogP contribution >= 0.6 is 0 Å². The van der Waals surface area contributed by atoms with Gasteiger partial charge in [0.25, 0.3) is 5.91 Å². The monoisotopic (exact) mass is 365 g/mol. The summed E-state index contributed by atoms with van der Waals surface area (Å²) in [5, 5.41) is 22.9. The van der Waals surface area contributed by atoms with E-state index in [0.717, 1.165) is 18.5 Å². The molecule has 1 amide bonds. The lowest BCUT2D eigenvalue weighted by Crippen LogP contribution is -2.15. The number of amides is 1. The zero-order valence-electron chi connectivity index (χ0n) is 14.5. The maximum absolute atomic E-state index is 12.4. The molecule has 1 aliphatic rings. The van der Waals surface area contributed by atoms with Gasteiger partial charge in [-0.25, -0.2) is 14.8 Å². The fourth-order valence-electron chi connectivity index (χ4n) is 3.12. The molecule has 0 aliphatic carbocycles. The summed E-state index contributed by atoms with van der Waals surface area (Å²) in [6.45, 7) is 3.52. The lowest BCUT2D eigenvalue weighted by Gasteiger charge is -2.12. The molecule has 0 bridgehead atoms. The van der Waals surface area contributed by atoms with Gasteiger partial charge in [0.1, 0.15) is 17.9 Å². The van der Waals surface area contributed by atoms with Crippen molar-refractivity contribution >= 4 is 17.2 Å². The van der Waals surface area contributed by atoms with Crippen molar-refractivity contribution in [1.29, 1.82) is 5.26 Å². The molecule has 0 saturated carbocycles. The Morgan fingerprint density at radius 1 is 1.26 bits per heavy atom. The molecule has 2 aromatic heterocycles. The highest BCUT2D eigenvalue weighted by Crippen LogP contribution is 2.33. The zero-order valence-corrected chi connectivity index (χ0v) is 14.5. The molecule has 1 saturated heterocycles. The van der Waals surface area contributed by atoms with E-state index in [9.17, 15) is 9.90 Å². The van der Waals surface area contributed by atoms with Crippen LogP contribution in [0.2, 0.25) is 0 Å². The third kappa shape index (κ3) is 3.79. The Morgan fingerprint density at radius 2 is 2.04 bits per heavy atom. The van der Waals surface area contributed by atoms with Crippen molar-refractivity contribution in [2.75, 3.05) is 11.9 Å². The molecule has 0 spiro atoms. The Labute approximate surface area is 156 Å². The minimum absolute atomic E-state index is 0.0210. The van der Waals surface area contributed by atoms with Crippen LogP contribution in [0.4, 0.5) is 5.82 Å². The van der Waals surface area contributed by atoms with Crippen LogP contribution in [0.1, 0.15) is 35.0 Å². The number of nitrogens with one attached hydrogen (secondary N) is 1. The van der Waals surface area contributed by atoms with E-state index in [2.05, 4.69) is 22.0 Å². The first-order valence-electron chi connectivity index (χ1n) is 8.47. The fourth-order valence-corrected chi connectivity index (χ4v) is 3.12. The van der Waals surface area contributed by atoms with Crippen LogP contribution in [0, 0.1) is 11.8 Å². The molecular weight excluding hydrogens is 346 g/mol. The molecule has 2 unspecified atom stereocenters. The van der Waals surface area contributed by atoms with Gasteiger partial charge in [0.2, 0.25) is 0 Å². The molecule has 4 rings (SSSR count). The summed E-state index contributed by atoms with van der Waals surface area (Å²) in [6.07, 6.45) is 2.81. The van der Waals surface area contributed by atoms with Gasteiger partial charge in [0.05, 0.1) is 18.4 Å². The zero-order chi connectivity index (χ0) is 19.2. The largest absolute Gasteiger partial charge is 0.394 e. The van der Waals surface area contributed by atoms with Crippen LogP contribution in [-0.2, 0) is 4.74 Å². The average molecular weight is 365 g/mol. The summed E-state index contributed by atoms with van der Waals surface area (Å²) in [5.41, 5.74) is 2.16. The van der Waals surface area contributed by atoms with Crippen LogP contribution in [0.3, 0.4) is 0 Å². The van der Waals surface area contributed by atoms with Crippen molar-refractivity contribution < 1.29 is 14.6 Å². The van der Waals surface area contributed by atoms with Gasteiger partial charge >= 0.3 is 0 Å². The van der Waals surface area contributed by atoms with Gasteiger partial charge in [-0.1, -0.05) is 18.2 Å². The Hall–Kier alpha value is -3.28. The smallest absolute Gasteiger partial charge is 0.256 e. The number of nitriles is 1. The molecule has 3 aromatic rings. The molecule has 138 valence electrons. The average Bonchev–Trinajstić information content (AvgIpc) is 3.37.